The molecule has 1 fully saturated rings. The number of piperazine rings is 1. The molecule has 0 spiro atoms. The summed E-state index contributed by atoms with van der Waals surface area (Å²) >= 11 is 0. The average Bonchev–Trinajstić information content (AvgIpc) is 2.65. The van der Waals surface area contributed by atoms with Crippen LogP contribution in [0.1, 0.15) is 0 Å². The summed E-state index contributed by atoms with van der Waals surface area (Å²) in [4.78, 5) is 2.35. The molecule has 0 aromatic heterocycles. The number of nitrogens with zero attached hydrogens (tertiary/aromatic N) is 2. The molecule has 1 heterocycles. The van der Waals surface area contributed by atoms with Gasteiger partial charge in [0.15, 0.2) is 11.5 Å². The molecule has 1 aliphatic rings. The molecule has 0 unspecified atom stereocenters. The minimum absolute atomic E-state index is 0.0113. The minimum atomic E-state index is -3.57. The van der Waals surface area contributed by atoms with Crippen LogP contribution in [0.2, 0.25) is 0 Å². The molecule has 25 heavy (non-hydrogen) atoms. The lowest BCUT2D eigenvalue weighted by Gasteiger charge is -2.33. The first-order chi connectivity index (χ1) is 12.0. The van der Waals surface area contributed by atoms with Crippen LogP contribution in [0.4, 0.5) is 0 Å². The van der Waals surface area contributed by atoms with E-state index in [2.05, 4.69) is 4.90 Å². The standard InChI is InChI=1S/C16H26N2O6S/c1-22-15-4-3-14(13-16(15)23-2)25(20,21)18-7-5-17(6-8-18)9-11-24-12-10-19/h3-4,13,19H,5-12H2,1-2H3. The lowest BCUT2D eigenvalue weighted by molar-refractivity contribution is 0.0661. The summed E-state index contributed by atoms with van der Waals surface area (Å²) in [6.07, 6.45) is 0. The number of methoxy groups -OCH3 is 2. The lowest BCUT2D eigenvalue weighted by Crippen LogP contribution is -2.49. The quantitative estimate of drug-likeness (QED) is 0.610. The van der Waals surface area contributed by atoms with Gasteiger partial charge in [-0.05, 0) is 12.1 Å². The van der Waals surface area contributed by atoms with Gasteiger partial charge in [-0.2, -0.15) is 4.31 Å². The van der Waals surface area contributed by atoms with Gasteiger partial charge in [-0.3, -0.25) is 4.90 Å². The van der Waals surface area contributed by atoms with E-state index in [1.54, 1.807) is 6.07 Å². The van der Waals surface area contributed by atoms with E-state index >= 15 is 0 Å². The first kappa shape index (κ1) is 19.9. The summed E-state index contributed by atoms with van der Waals surface area (Å²) in [7, 11) is -0.578. The molecule has 1 aromatic rings. The van der Waals surface area contributed by atoms with Gasteiger partial charge in [0.25, 0.3) is 0 Å². The molecule has 9 heteroatoms. The molecule has 2 rings (SSSR count). The second-order valence-corrected chi connectivity index (χ2v) is 7.54. The summed E-state index contributed by atoms with van der Waals surface area (Å²) in [5, 5.41) is 8.68. The number of benzene rings is 1. The van der Waals surface area contributed by atoms with E-state index in [1.807, 2.05) is 0 Å². The number of aliphatic hydroxyl groups excluding tert-OH is 1. The van der Waals surface area contributed by atoms with Crippen LogP contribution in [0, 0.1) is 0 Å². The van der Waals surface area contributed by atoms with E-state index in [0.717, 1.165) is 6.54 Å². The molecule has 1 saturated heterocycles. The first-order valence-corrected chi connectivity index (χ1v) is 9.60. The molecule has 0 bridgehead atoms. The molecular weight excluding hydrogens is 348 g/mol. The van der Waals surface area contributed by atoms with Crippen molar-refractivity contribution in [2.75, 3.05) is 66.8 Å². The Bertz CT molecular complexity index is 644. The zero-order chi connectivity index (χ0) is 18.3. The molecule has 0 amide bonds. The fourth-order valence-corrected chi connectivity index (χ4v) is 4.12. The van der Waals surface area contributed by atoms with Gasteiger partial charge < -0.3 is 19.3 Å². The molecule has 0 aliphatic carbocycles. The van der Waals surface area contributed by atoms with Crippen LogP contribution in [0.5, 0.6) is 11.5 Å². The highest BCUT2D eigenvalue weighted by Gasteiger charge is 2.29. The normalized spacial score (nSPS) is 16.8. The summed E-state index contributed by atoms with van der Waals surface area (Å²) in [5.74, 6) is 0.886. The molecule has 0 atom stereocenters. The van der Waals surface area contributed by atoms with E-state index in [4.69, 9.17) is 19.3 Å². The molecule has 1 N–H and O–H groups in total. The van der Waals surface area contributed by atoms with E-state index in [9.17, 15) is 8.42 Å². The predicted octanol–water partition coefficient (Wildman–Crippen LogP) is 0.0190. The number of sulfonamides is 1. The minimum Gasteiger partial charge on any atom is -0.493 e. The van der Waals surface area contributed by atoms with Gasteiger partial charge >= 0.3 is 0 Å². The monoisotopic (exact) mass is 374 g/mol. The summed E-state index contributed by atoms with van der Waals surface area (Å²) in [6, 6.07) is 4.62. The lowest BCUT2D eigenvalue weighted by atomic mass is 10.3. The van der Waals surface area contributed by atoms with Crippen molar-refractivity contribution < 1.29 is 27.7 Å². The molecule has 0 saturated carbocycles. The van der Waals surface area contributed by atoms with E-state index in [-0.39, 0.29) is 11.5 Å². The molecule has 142 valence electrons. The van der Waals surface area contributed by atoms with Crippen LogP contribution in [0.15, 0.2) is 23.1 Å². The zero-order valence-electron chi connectivity index (χ0n) is 14.7. The van der Waals surface area contributed by atoms with Crippen molar-refractivity contribution in [2.24, 2.45) is 0 Å². The molecule has 1 aromatic carbocycles. The topological polar surface area (TPSA) is 88.5 Å². The predicted molar refractivity (Wildman–Crippen MR) is 92.6 cm³/mol. The zero-order valence-corrected chi connectivity index (χ0v) is 15.5. The number of ether oxygens (including phenoxy) is 3. The van der Waals surface area contributed by atoms with E-state index in [1.165, 1.54) is 30.7 Å². The number of hydrogen-bond donors (Lipinski definition) is 1. The number of aliphatic hydroxyl groups is 1. The second-order valence-electron chi connectivity index (χ2n) is 5.60. The van der Waals surface area contributed by atoms with Gasteiger partial charge in [-0.25, -0.2) is 8.42 Å². The van der Waals surface area contributed by atoms with Crippen molar-refractivity contribution in [1.29, 1.82) is 0 Å². The third-order valence-electron chi connectivity index (χ3n) is 4.11. The SMILES string of the molecule is COc1ccc(S(=O)(=O)N2CCN(CCOCCO)CC2)cc1OC. The van der Waals surface area contributed by atoms with Crippen molar-refractivity contribution in [3.05, 3.63) is 18.2 Å². The van der Waals surface area contributed by atoms with Crippen LogP contribution in [0.25, 0.3) is 0 Å². The van der Waals surface area contributed by atoms with Crippen molar-refractivity contribution in [3.63, 3.8) is 0 Å². The summed E-state index contributed by atoms with van der Waals surface area (Å²) in [6.45, 7) is 3.75. The van der Waals surface area contributed by atoms with Crippen LogP contribution < -0.4 is 9.47 Å². The van der Waals surface area contributed by atoms with Gasteiger partial charge in [0.1, 0.15) is 0 Å². The first-order valence-electron chi connectivity index (χ1n) is 8.16. The van der Waals surface area contributed by atoms with Gasteiger partial charge in [0.05, 0.1) is 38.9 Å². The highest BCUT2D eigenvalue weighted by molar-refractivity contribution is 7.89. The molecule has 8 nitrogen and oxygen atoms in total. The van der Waals surface area contributed by atoms with Gasteiger partial charge in [0, 0.05) is 38.8 Å². The van der Waals surface area contributed by atoms with Gasteiger partial charge in [0.2, 0.25) is 10.0 Å². The number of hydrogen-bond acceptors (Lipinski definition) is 7. The summed E-state index contributed by atoms with van der Waals surface area (Å²) < 4.78 is 42.7. The highest BCUT2D eigenvalue weighted by atomic mass is 32.2. The fraction of sp³-hybridized carbons (Fsp3) is 0.625. The Labute approximate surface area is 148 Å². The Morgan fingerprint density at radius 2 is 1.72 bits per heavy atom. The van der Waals surface area contributed by atoms with Crippen molar-refractivity contribution >= 4 is 10.0 Å². The molecule has 1 aliphatic heterocycles. The smallest absolute Gasteiger partial charge is 0.243 e. The third-order valence-corrected chi connectivity index (χ3v) is 6.01. The Balaban J connectivity index is 1.97. The van der Waals surface area contributed by atoms with Crippen molar-refractivity contribution in [2.45, 2.75) is 4.90 Å². The summed E-state index contributed by atoms with van der Waals surface area (Å²) in [5.41, 5.74) is 0. The van der Waals surface area contributed by atoms with E-state index < -0.39 is 10.0 Å². The van der Waals surface area contributed by atoms with E-state index in [0.29, 0.717) is 50.9 Å². The number of rotatable bonds is 9. The van der Waals surface area contributed by atoms with Crippen LogP contribution in [0.3, 0.4) is 0 Å². The van der Waals surface area contributed by atoms with Gasteiger partial charge in [-0.1, -0.05) is 0 Å². The average molecular weight is 374 g/mol. The Morgan fingerprint density at radius 1 is 1.04 bits per heavy atom. The Hall–Kier alpha value is -1.39. The maximum Gasteiger partial charge on any atom is 0.243 e. The second kappa shape index (κ2) is 9.35. The van der Waals surface area contributed by atoms with Crippen LogP contribution >= 0.6 is 0 Å². The highest BCUT2D eigenvalue weighted by Crippen LogP contribution is 2.30. The van der Waals surface area contributed by atoms with Crippen molar-refractivity contribution in [3.8, 4) is 11.5 Å². The molecular formula is C16H26N2O6S. The van der Waals surface area contributed by atoms with Crippen LogP contribution in [-0.4, -0.2) is 89.5 Å². The fourth-order valence-electron chi connectivity index (χ4n) is 2.68. The Kier molecular flexibility index (Phi) is 7.45. The maximum atomic E-state index is 12.8. The molecule has 0 radical (unpaired) electrons. The third kappa shape index (κ3) is 5.05. The van der Waals surface area contributed by atoms with Crippen molar-refractivity contribution in [1.82, 2.24) is 9.21 Å². The Morgan fingerprint density at radius 3 is 2.32 bits per heavy atom. The largest absolute Gasteiger partial charge is 0.493 e. The maximum absolute atomic E-state index is 12.8. The van der Waals surface area contributed by atoms with Gasteiger partial charge in [-0.15, -0.1) is 0 Å². The van der Waals surface area contributed by atoms with Crippen LogP contribution in [-0.2, 0) is 14.8 Å².